The minimum absolute atomic E-state index is 0.0887. The highest BCUT2D eigenvalue weighted by molar-refractivity contribution is 5.85. The van der Waals surface area contributed by atoms with Gasteiger partial charge in [0.05, 0.1) is 6.61 Å². The molecule has 2 unspecified atom stereocenters. The third-order valence-electron chi connectivity index (χ3n) is 2.37. The number of carboxylic acid groups (broad SMARTS) is 1. The quantitative estimate of drug-likeness (QED) is 0.627. The highest BCUT2D eigenvalue weighted by Gasteiger charge is 2.26. The molecular weight excluding hydrogens is 212 g/mol. The SMILES string of the molecule is CCC(C)N(CC(=O)O)C(=O)C(N)COC. The van der Waals surface area contributed by atoms with E-state index < -0.39 is 17.9 Å². The molecule has 16 heavy (non-hydrogen) atoms. The number of carboxylic acids is 1. The van der Waals surface area contributed by atoms with E-state index in [9.17, 15) is 9.59 Å². The molecule has 0 aromatic heterocycles. The Hall–Kier alpha value is -1.14. The molecule has 3 N–H and O–H groups in total. The Kier molecular flexibility index (Phi) is 6.67. The molecule has 0 aromatic rings. The molecule has 6 nitrogen and oxygen atoms in total. The maximum absolute atomic E-state index is 11.8. The van der Waals surface area contributed by atoms with Crippen molar-refractivity contribution in [2.24, 2.45) is 5.73 Å². The Bertz CT molecular complexity index is 245. The number of methoxy groups -OCH3 is 1. The maximum atomic E-state index is 11.8. The van der Waals surface area contributed by atoms with Gasteiger partial charge in [-0.1, -0.05) is 6.92 Å². The fourth-order valence-corrected chi connectivity index (χ4v) is 1.28. The molecular formula is C10H20N2O4. The number of amides is 1. The van der Waals surface area contributed by atoms with Crippen LogP contribution in [0.4, 0.5) is 0 Å². The van der Waals surface area contributed by atoms with Crippen molar-refractivity contribution in [2.75, 3.05) is 20.3 Å². The van der Waals surface area contributed by atoms with Crippen LogP contribution in [0.5, 0.6) is 0 Å². The van der Waals surface area contributed by atoms with E-state index in [1.165, 1.54) is 12.0 Å². The molecule has 0 radical (unpaired) electrons. The molecule has 0 aliphatic rings. The molecule has 0 spiro atoms. The van der Waals surface area contributed by atoms with Gasteiger partial charge in [0.25, 0.3) is 0 Å². The Morgan fingerprint density at radius 3 is 2.44 bits per heavy atom. The van der Waals surface area contributed by atoms with Gasteiger partial charge in [-0.2, -0.15) is 0 Å². The molecule has 0 saturated carbocycles. The smallest absolute Gasteiger partial charge is 0.323 e. The molecule has 2 atom stereocenters. The second kappa shape index (κ2) is 7.19. The van der Waals surface area contributed by atoms with Crippen molar-refractivity contribution in [1.29, 1.82) is 0 Å². The minimum Gasteiger partial charge on any atom is -0.480 e. The highest BCUT2D eigenvalue weighted by atomic mass is 16.5. The number of rotatable bonds is 7. The van der Waals surface area contributed by atoms with Crippen LogP contribution in [0.25, 0.3) is 0 Å². The summed E-state index contributed by atoms with van der Waals surface area (Å²) in [5.41, 5.74) is 5.59. The summed E-state index contributed by atoms with van der Waals surface area (Å²) in [6.07, 6.45) is 0.679. The van der Waals surface area contributed by atoms with Crippen molar-refractivity contribution in [3.05, 3.63) is 0 Å². The molecule has 0 aliphatic carbocycles. The zero-order valence-corrected chi connectivity index (χ0v) is 9.97. The zero-order chi connectivity index (χ0) is 12.7. The minimum atomic E-state index is -1.04. The highest BCUT2D eigenvalue weighted by Crippen LogP contribution is 2.05. The van der Waals surface area contributed by atoms with Gasteiger partial charge in [0, 0.05) is 13.2 Å². The summed E-state index contributed by atoms with van der Waals surface area (Å²) in [7, 11) is 1.44. The molecule has 0 fully saturated rings. The van der Waals surface area contributed by atoms with Crippen molar-refractivity contribution in [3.63, 3.8) is 0 Å². The summed E-state index contributed by atoms with van der Waals surface area (Å²) in [4.78, 5) is 23.7. The average Bonchev–Trinajstić information content (AvgIpc) is 2.24. The van der Waals surface area contributed by atoms with Crippen LogP contribution in [0.2, 0.25) is 0 Å². The molecule has 0 rings (SSSR count). The lowest BCUT2D eigenvalue weighted by molar-refractivity contribution is -0.147. The molecule has 1 amide bonds. The molecule has 0 heterocycles. The van der Waals surface area contributed by atoms with Crippen molar-refractivity contribution in [1.82, 2.24) is 4.90 Å². The fraction of sp³-hybridized carbons (Fsp3) is 0.800. The summed E-state index contributed by atoms with van der Waals surface area (Å²) in [5.74, 6) is -1.43. The first-order chi connectivity index (χ1) is 7.43. The number of nitrogens with zero attached hydrogens (tertiary/aromatic N) is 1. The molecule has 0 bridgehead atoms. The van der Waals surface area contributed by atoms with E-state index >= 15 is 0 Å². The van der Waals surface area contributed by atoms with E-state index in [1.54, 1.807) is 6.92 Å². The molecule has 0 saturated heterocycles. The van der Waals surface area contributed by atoms with E-state index in [2.05, 4.69) is 0 Å². The van der Waals surface area contributed by atoms with Crippen LogP contribution in [0.15, 0.2) is 0 Å². The molecule has 0 aromatic carbocycles. The van der Waals surface area contributed by atoms with E-state index in [1.807, 2.05) is 6.92 Å². The summed E-state index contributed by atoms with van der Waals surface area (Å²) in [6, 6.07) is -0.954. The van der Waals surface area contributed by atoms with E-state index in [-0.39, 0.29) is 19.2 Å². The van der Waals surface area contributed by atoms with Crippen LogP contribution in [-0.4, -0.2) is 54.2 Å². The van der Waals surface area contributed by atoms with Crippen LogP contribution < -0.4 is 5.73 Å². The first kappa shape index (κ1) is 14.9. The number of ether oxygens (including phenoxy) is 1. The number of aliphatic carboxylic acids is 1. The van der Waals surface area contributed by atoms with Crippen molar-refractivity contribution in [2.45, 2.75) is 32.4 Å². The predicted octanol–water partition coefficient (Wildman–Crippen LogP) is -0.328. The van der Waals surface area contributed by atoms with Crippen molar-refractivity contribution < 1.29 is 19.4 Å². The number of carbonyl (C=O) groups excluding carboxylic acids is 1. The first-order valence-corrected chi connectivity index (χ1v) is 5.20. The molecule has 0 aliphatic heterocycles. The third kappa shape index (κ3) is 4.59. The van der Waals surface area contributed by atoms with Crippen LogP contribution >= 0.6 is 0 Å². The average molecular weight is 232 g/mol. The van der Waals surface area contributed by atoms with Crippen LogP contribution in [0, 0.1) is 0 Å². The molecule has 6 heteroatoms. The third-order valence-corrected chi connectivity index (χ3v) is 2.37. The van der Waals surface area contributed by atoms with Crippen molar-refractivity contribution >= 4 is 11.9 Å². The molecule has 94 valence electrons. The first-order valence-electron chi connectivity index (χ1n) is 5.20. The largest absolute Gasteiger partial charge is 0.480 e. The Labute approximate surface area is 95.4 Å². The van der Waals surface area contributed by atoms with Gasteiger partial charge >= 0.3 is 5.97 Å². The summed E-state index contributed by atoms with van der Waals surface area (Å²) in [5, 5.41) is 8.72. The van der Waals surface area contributed by atoms with Gasteiger partial charge < -0.3 is 20.5 Å². The number of nitrogens with two attached hydrogens (primary N) is 1. The summed E-state index contributed by atoms with van der Waals surface area (Å²) in [6.45, 7) is 3.44. The van der Waals surface area contributed by atoms with E-state index in [0.717, 1.165) is 0 Å². The van der Waals surface area contributed by atoms with Gasteiger partial charge in [0.1, 0.15) is 12.6 Å². The van der Waals surface area contributed by atoms with Gasteiger partial charge in [0.15, 0.2) is 0 Å². The number of carbonyl (C=O) groups is 2. The summed E-state index contributed by atoms with van der Waals surface area (Å²) >= 11 is 0. The lowest BCUT2D eigenvalue weighted by atomic mass is 10.2. The fourth-order valence-electron chi connectivity index (χ4n) is 1.28. The van der Waals surface area contributed by atoms with Crippen molar-refractivity contribution in [3.8, 4) is 0 Å². The van der Waals surface area contributed by atoms with Gasteiger partial charge in [-0.25, -0.2) is 0 Å². The second-order valence-electron chi connectivity index (χ2n) is 3.68. The lowest BCUT2D eigenvalue weighted by Gasteiger charge is -2.29. The monoisotopic (exact) mass is 232 g/mol. The number of hydrogen-bond acceptors (Lipinski definition) is 4. The topological polar surface area (TPSA) is 92.9 Å². The Balaban J connectivity index is 4.61. The van der Waals surface area contributed by atoms with Gasteiger partial charge in [-0.15, -0.1) is 0 Å². The normalized spacial score (nSPS) is 14.2. The standard InChI is InChI=1S/C10H20N2O4/c1-4-7(2)12(5-9(13)14)10(15)8(11)6-16-3/h7-8H,4-6,11H2,1-3H3,(H,13,14). The van der Waals surface area contributed by atoms with Crippen LogP contribution in [0.1, 0.15) is 20.3 Å². The Morgan fingerprint density at radius 2 is 2.06 bits per heavy atom. The van der Waals surface area contributed by atoms with Crippen LogP contribution in [0.3, 0.4) is 0 Å². The van der Waals surface area contributed by atoms with E-state index in [4.69, 9.17) is 15.6 Å². The Morgan fingerprint density at radius 1 is 1.50 bits per heavy atom. The second-order valence-corrected chi connectivity index (χ2v) is 3.68. The van der Waals surface area contributed by atoms with Gasteiger partial charge in [0.2, 0.25) is 5.91 Å². The van der Waals surface area contributed by atoms with Gasteiger partial charge in [-0.05, 0) is 13.3 Å². The van der Waals surface area contributed by atoms with Crippen LogP contribution in [-0.2, 0) is 14.3 Å². The summed E-state index contributed by atoms with van der Waals surface area (Å²) < 4.78 is 4.77. The zero-order valence-electron chi connectivity index (χ0n) is 9.97. The van der Waals surface area contributed by atoms with E-state index in [0.29, 0.717) is 6.42 Å². The number of hydrogen-bond donors (Lipinski definition) is 2. The predicted molar refractivity (Wildman–Crippen MR) is 59.0 cm³/mol. The van der Waals surface area contributed by atoms with Gasteiger partial charge in [-0.3, -0.25) is 9.59 Å². The lowest BCUT2D eigenvalue weighted by Crippen LogP contribution is -2.51. The maximum Gasteiger partial charge on any atom is 0.323 e.